The van der Waals surface area contributed by atoms with Crippen molar-refractivity contribution in [3.05, 3.63) is 28.8 Å². The molecular weight excluding hydrogens is 309 g/mol. The summed E-state index contributed by atoms with van der Waals surface area (Å²) in [7, 11) is 0. The van der Waals surface area contributed by atoms with E-state index in [1.165, 1.54) is 19.9 Å². The largest absolute Gasteiger partial charge is 0.418 e. The van der Waals surface area contributed by atoms with E-state index in [4.69, 9.17) is 11.6 Å². The second-order valence-electron chi connectivity index (χ2n) is 4.77. The van der Waals surface area contributed by atoms with Crippen LogP contribution in [0, 0.1) is 0 Å². The first kappa shape index (κ1) is 15.6. The van der Waals surface area contributed by atoms with Crippen LogP contribution in [0.3, 0.4) is 0 Å². The molecule has 0 aromatic heterocycles. The van der Waals surface area contributed by atoms with Gasteiger partial charge in [0.1, 0.15) is 12.1 Å². The van der Waals surface area contributed by atoms with Gasteiger partial charge in [-0.1, -0.05) is 11.6 Å². The summed E-state index contributed by atoms with van der Waals surface area (Å²) in [5, 5.41) is 2.31. The van der Waals surface area contributed by atoms with Crippen LogP contribution in [-0.4, -0.2) is 23.9 Å². The minimum atomic E-state index is -4.68. The van der Waals surface area contributed by atoms with Crippen LogP contribution >= 0.6 is 11.6 Å². The number of hydrogen-bond donors (Lipinski definition) is 1. The molecule has 1 heterocycles. The molecule has 4 nitrogen and oxygen atoms in total. The molecule has 0 spiro atoms. The predicted molar refractivity (Wildman–Crippen MR) is 71.0 cm³/mol. The number of alkyl halides is 3. The van der Waals surface area contributed by atoms with Crippen molar-refractivity contribution in [1.29, 1.82) is 0 Å². The highest BCUT2D eigenvalue weighted by atomic mass is 35.5. The van der Waals surface area contributed by atoms with Crippen molar-refractivity contribution in [2.24, 2.45) is 0 Å². The van der Waals surface area contributed by atoms with Crippen molar-refractivity contribution in [2.75, 3.05) is 4.90 Å². The van der Waals surface area contributed by atoms with Crippen molar-refractivity contribution in [2.45, 2.75) is 32.1 Å². The number of benzene rings is 1. The van der Waals surface area contributed by atoms with E-state index < -0.39 is 35.6 Å². The van der Waals surface area contributed by atoms with Crippen LogP contribution in [0.2, 0.25) is 5.02 Å². The fraction of sp³-hybridized carbons (Fsp3) is 0.385. The molecule has 2 rings (SSSR count). The predicted octanol–water partition coefficient (Wildman–Crippen LogP) is 2.60. The van der Waals surface area contributed by atoms with Gasteiger partial charge in [0.2, 0.25) is 11.8 Å². The lowest BCUT2D eigenvalue weighted by Gasteiger charge is -2.37. The number of rotatable bonds is 1. The summed E-state index contributed by atoms with van der Waals surface area (Å²) in [6, 6.07) is 1.18. The van der Waals surface area contributed by atoms with Crippen molar-refractivity contribution >= 4 is 29.1 Å². The molecule has 21 heavy (non-hydrogen) atoms. The number of amides is 2. The number of anilines is 1. The van der Waals surface area contributed by atoms with Crippen molar-refractivity contribution in [3.8, 4) is 0 Å². The molecule has 0 saturated carbocycles. The molecule has 2 atom stereocenters. The lowest BCUT2D eigenvalue weighted by Crippen LogP contribution is -2.62. The fourth-order valence-corrected chi connectivity index (χ4v) is 2.36. The zero-order valence-electron chi connectivity index (χ0n) is 11.2. The first-order valence-corrected chi connectivity index (χ1v) is 6.51. The van der Waals surface area contributed by atoms with E-state index in [1.54, 1.807) is 0 Å². The average Bonchev–Trinajstić information content (AvgIpc) is 2.37. The Balaban J connectivity index is 2.59. The Hall–Kier alpha value is -1.76. The quantitative estimate of drug-likeness (QED) is 0.864. The minimum Gasteiger partial charge on any atom is -0.343 e. The number of nitrogens with one attached hydrogen (secondary N) is 1. The number of carbonyl (C=O) groups is 2. The van der Waals surface area contributed by atoms with Crippen LogP contribution in [0.15, 0.2) is 18.2 Å². The third kappa shape index (κ3) is 2.83. The van der Waals surface area contributed by atoms with E-state index in [2.05, 4.69) is 5.32 Å². The van der Waals surface area contributed by atoms with Gasteiger partial charge in [0, 0.05) is 5.02 Å². The van der Waals surface area contributed by atoms with Crippen LogP contribution in [0.4, 0.5) is 18.9 Å². The molecular formula is C13H12ClF3N2O2. The summed E-state index contributed by atoms with van der Waals surface area (Å²) < 4.78 is 39.4. The molecule has 114 valence electrons. The molecule has 8 heteroatoms. The first-order chi connectivity index (χ1) is 9.62. The molecule has 2 amide bonds. The molecule has 1 aromatic carbocycles. The smallest absolute Gasteiger partial charge is 0.343 e. The summed E-state index contributed by atoms with van der Waals surface area (Å²) in [5.41, 5.74) is -1.41. The van der Waals surface area contributed by atoms with Crippen LogP contribution in [0.5, 0.6) is 0 Å². The Labute approximate surface area is 123 Å². The zero-order valence-corrected chi connectivity index (χ0v) is 11.9. The van der Waals surface area contributed by atoms with E-state index in [1.807, 2.05) is 0 Å². The summed E-state index contributed by atoms with van der Waals surface area (Å²) in [4.78, 5) is 24.8. The molecule has 1 fully saturated rings. The van der Waals surface area contributed by atoms with Crippen molar-refractivity contribution < 1.29 is 22.8 Å². The molecule has 1 aromatic rings. The summed E-state index contributed by atoms with van der Waals surface area (Å²) in [6.45, 7) is 2.79. The lowest BCUT2D eigenvalue weighted by atomic mass is 10.0. The molecule has 0 radical (unpaired) electrons. The molecule has 0 bridgehead atoms. The monoisotopic (exact) mass is 320 g/mol. The summed E-state index contributed by atoms with van der Waals surface area (Å²) in [6.07, 6.45) is -4.68. The maximum atomic E-state index is 13.1. The van der Waals surface area contributed by atoms with Gasteiger partial charge in [-0.2, -0.15) is 13.2 Å². The van der Waals surface area contributed by atoms with Crippen molar-refractivity contribution in [3.63, 3.8) is 0 Å². The van der Waals surface area contributed by atoms with Gasteiger partial charge in [-0.3, -0.25) is 14.5 Å². The number of halogens is 4. The zero-order chi connectivity index (χ0) is 15.9. The molecule has 1 N–H and O–H groups in total. The van der Waals surface area contributed by atoms with E-state index in [-0.39, 0.29) is 10.7 Å². The topological polar surface area (TPSA) is 49.4 Å². The third-order valence-corrected chi connectivity index (χ3v) is 3.49. The second-order valence-corrected chi connectivity index (χ2v) is 5.21. The fourth-order valence-electron chi connectivity index (χ4n) is 2.19. The number of hydrogen-bond acceptors (Lipinski definition) is 2. The van der Waals surface area contributed by atoms with E-state index in [0.29, 0.717) is 0 Å². The number of piperazine rings is 1. The molecule has 1 saturated heterocycles. The Bertz CT molecular complexity index is 604. The maximum Gasteiger partial charge on any atom is 0.418 e. The third-order valence-electron chi connectivity index (χ3n) is 3.26. The Kier molecular flexibility index (Phi) is 3.88. The van der Waals surface area contributed by atoms with E-state index >= 15 is 0 Å². The SMILES string of the molecule is CC1NC(=O)C(C)N(c2ccc(Cl)cc2C(F)(F)F)C1=O. The molecule has 0 aliphatic carbocycles. The maximum absolute atomic E-state index is 13.1. The molecule has 1 aliphatic heterocycles. The average molecular weight is 321 g/mol. The number of carbonyl (C=O) groups excluding carboxylic acids is 2. The van der Waals surface area contributed by atoms with Crippen LogP contribution in [0.1, 0.15) is 19.4 Å². The van der Waals surface area contributed by atoms with Gasteiger partial charge in [-0.15, -0.1) is 0 Å². The Morgan fingerprint density at radius 1 is 1.24 bits per heavy atom. The highest BCUT2D eigenvalue weighted by Crippen LogP contribution is 2.39. The van der Waals surface area contributed by atoms with Gasteiger partial charge in [-0.05, 0) is 32.0 Å². The van der Waals surface area contributed by atoms with Gasteiger partial charge >= 0.3 is 6.18 Å². The second kappa shape index (κ2) is 5.22. The molecule has 1 aliphatic rings. The van der Waals surface area contributed by atoms with E-state index in [9.17, 15) is 22.8 Å². The van der Waals surface area contributed by atoms with Crippen LogP contribution in [-0.2, 0) is 15.8 Å². The minimum absolute atomic E-state index is 0.0966. The Morgan fingerprint density at radius 2 is 1.86 bits per heavy atom. The van der Waals surface area contributed by atoms with E-state index in [0.717, 1.165) is 17.0 Å². The summed E-state index contributed by atoms with van der Waals surface area (Å²) >= 11 is 5.61. The number of nitrogens with zero attached hydrogens (tertiary/aromatic N) is 1. The van der Waals surface area contributed by atoms with Gasteiger partial charge in [0.05, 0.1) is 11.3 Å². The van der Waals surface area contributed by atoms with Crippen molar-refractivity contribution in [1.82, 2.24) is 5.32 Å². The Morgan fingerprint density at radius 3 is 2.43 bits per heavy atom. The van der Waals surface area contributed by atoms with Gasteiger partial charge in [-0.25, -0.2) is 0 Å². The highest BCUT2D eigenvalue weighted by molar-refractivity contribution is 6.30. The van der Waals surface area contributed by atoms with Gasteiger partial charge in [0.15, 0.2) is 0 Å². The summed E-state index contributed by atoms with van der Waals surface area (Å²) in [5.74, 6) is -1.11. The standard InChI is InChI=1S/C13H12ClF3N2O2/c1-6-12(21)19(7(2)11(20)18-6)10-4-3-8(14)5-9(10)13(15,16)17/h3-7H,1-2H3,(H,18,20). The first-order valence-electron chi connectivity index (χ1n) is 6.13. The van der Waals surface area contributed by atoms with Crippen LogP contribution in [0.25, 0.3) is 0 Å². The van der Waals surface area contributed by atoms with Gasteiger partial charge < -0.3 is 5.32 Å². The van der Waals surface area contributed by atoms with Crippen LogP contribution < -0.4 is 10.2 Å². The molecule has 2 unspecified atom stereocenters. The normalized spacial score (nSPS) is 23.2. The lowest BCUT2D eigenvalue weighted by molar-refractivity contribution is -0.138. The highest BCUT2D eigenvalue weighted by Gasteiger charge is 2.42. The van der Waals surface area contributed by atoms with Gasteiger partial charge in [0.25, 0.3) is 0 Å².